The number of rotatable bonds is 5. The standard InChI is InChI=1S/C26H28F6O/c1-2-3-15-4-5-17-11-18(7-6-16(17)10-15)20-13-22(28)25(23(29)14-20)19-8-9-24(21(27)12-19)33-26(30,31)32/h8-9,12-18H,2-7,10-11H2,1H3/t15?,16-,17-,18-/m1/s1. The molecular weight excluding hydrogens is 442 g/mol. The van der Waals surface area contributed by atoms with Gasteiger partial charge in [0.05, 0.1) is 5.56 Å². The van der Waals surface area contributed by atoms with E-state index < -0.39 is 35.1 Å². The third-order valence-electron chi connectivity index (χ3n) is 7.40. The molecule has 0 N–H and O–H groups in total. The maximum Gasteiger partial charge on any atom is 0.573 e. The molecule has 1 nitrogen and oxygen atoms in total. The van der Waals surface area contributed by atoms with Gasteiger partial charge in [0.25, 0.3) is 0 Å². The Morgan fingerprint density at radius 1 is 0.848 bits per heavy atom. The number of ether oxygens (including phenoxy) is 1. The van der Waals surface area contributed by atoms with Crippen LogP contribution in [-0.4, -0.2) is 6.36 Å². The zero-order valence-electron chi connectivity index (χ0n) is 18.5. The van der Waals surface area contributed by atoms with E-state index in [0.717, 1.165) is 37.3 Å². The fraction of sp³-hybridized carbons (Fsp3) is 0.538. The van der Waals surface area contributed by atoms with Crippen molar-refractivity contribution >= 4 is 0 Å². The molecule has 1 unspecified atom stereocenters. The first-order chi connectivity index (χ1) is 15.6. The summed E-state index contributed by atoms with van der Waals surface area (Å²) in [5, 5.41) is 0. The molecule has 4 rings (SSSR count). The third-order valence-corrected chi connectivity index (χ3v) is 7.40. The number of fused-ring (bicyclic) bond motifs is 1. The predicted molar refractivity (Wildman–Crippen MR) is 114 cm³/mol. The van der Waals surface area contributed by atoms with Gasteiger partial charge in [-0.15, -0.1) is 13.2 Å². The van der Waals surface area contributed by atoms with Crippen LogP contribution in [0, 0.1) is 35.2 Å². The van der Waals surface area contributed by atoms with E-state index in [1.165, 1.54) is 44.2 Å². The maximum atomic E-state index is 15.0. The summed E-state index contributed by atoms with van der Waals surface area (Å²) in [5.41, 5.74) is -0.0353. The summed E-state index contributed by atoms with van der Waals surface area (Å²) >= 11 is 0. The minimum atomic E-state index is -5.06. The summed E-state index contributed by atoms with van der Waals surface area (Å²) in [6.07, 6.45) is 3.93. The number of halogens is 6. The Morgan fingerprint density at radius 2 is 1.52 bits per heavy atom. The normalized spacial score (nSPS) is 25.5. The Hall–Kier alpha value is -2.18. The van der Waals surface area contributed by atoms with Crippen LogP contribution in [-0.2, 0) is 0 Å². The molecule has 2 aliphatic carbocycles. The molecule has 0 bridgehead atoms. The SMILES string of the molecule is CCCC1CC[C@@H]2C[C@H](c3cc(F)c(-c4ccc(OC(F)(F)F)c(F)c4)c(F)c3)CC[C@@H]2C1. The Morgan fingerprint density at radius 3 is 2.15 bits per heavy atom. The first kappa shape index (κ1) is 24.0. The third kappa shape index (κ3) is 5.49. The van der Waals surface area contributed by atoms with E-state index in [1.54, 1.807) is 0 Å². The van der Waals surface area contributed by atoms with Gasteiger partial charge in [-0.2, -0.15) is 0 Å². The number of hydrogen-bond acceptors (Lipinski definition) is 1. The van der Waals surface area contributed by atoms with E-state index in [0.29, 0.717) is 23.5 Å². The zero-order chi connectivity index (χ0) is 23.8. The first-order valence-corrected chi connectivity index (χ1v) is 11.7. The van der Waals surface area contributed by atoms with Crippen LogP contribution < -0.4 is 4.74 Å². The molecule has 2 aliphatic rings. The lowest BCUT2D eigenvalue weighted by molar-refractivity contribution is -0.275. The van der Waals surface area contributed by atoms with Crippen LogP contribution in [0.25, 0.3) is 11.1 Å². The molecule has 180 valence electrons. The van der Waals surface area contributed by atoms with Crippen molar-refractivity contribution in [2.24, 2.45) is 17.8 Å². The molecule has 7 heteroatoms. The second kappa shape index (κ2) is 9.59. The van der Waals surface area contributed by atoms with Crippen molar-refractivity contribution in [1.82, 2.24) is 0 Å². The van der Waals surface area contributed by atoms with Crippen LogP contribution in [0.1, 0.15) is 69.8 Å². The van der Waals surface area contributed by atoms with Gasteiger partial charge >= 0.3 is 6.36 Å². The molecule has 0 radical (unpaired) electrons. The lowest BCUT2D eigenvalue weighted by Gasteiger charge is -2.42. The van der Waals surface area contributed by atoms with Crippen molar-refractivity contribution in [2.75, 3.05) is 0 Å². The molecule has 4 atom stereocenters. The summed E-state index contributed by atoms with van der Waals surface area (Å²) in [4.78, 5) is 0. The summed E-state index contributed by atoms with van der Waals surface area (Å²) in [7, 11) is 0. The fourth-order valence-electron chi connectivity index (χ4n) is 5.93. The smallest absolute Gasteiger partial charge is 0.403 e. The Kier molecular flexibility index (Phi) is 6.96. The molecule has 2 aromatic carbocycles. The molecular formula is C26H28F6O. The quantitative estimate of drug-likeness (QED) is 0.397. The first-order valence-electron chi connectivity index (χ1n) is 11.7. The van der Waals surface area contributed by atoms with Gasteiger partial charge < -0.3 is 4.74 Å². The summed E-state index contributed by atoms with van der Waals surface area (Å²) < 4.78 is 84.6. The van der Waals surface area contributed by atoms with E-state index >= 15 is 0 Å². The highest BCUT2D eigenvalue weighted by Gasteiger charge is 2.36. The lowest BCUT2D eigenvalue weighted by Crippen LogP contribution is -2.30. The lowest BCUT2D eigenvalue weighted by atomic mass is 9.63. The molecule has 2 saturated carbocycles. The van der Waals surface area contributed by atoms with Crippen LogP contribution in [0.15, 0.2) is 30.3 Å². The number of benzene rings is 2. The minimum absolute atomic E-state index is 0.0753. The highest BCUT2D eigenvalue weighted by Crippen LogP contribution is 2.48. The van der Waals surface area contributed by atoms with Gasteiger partial charge in [-0.1, -0.05) is 32.3 Å². The molecule has 2 aromatic rings. The number of alkyl halides is 3. The number of hydrogen-bond donors (Lipinski definition) is 0. The molecule has 0 aromatic heterocycles. The highest BCUT2D eigenvalue weighted by atomic mass is 19.4. The van der Waals surface area contributed by atoms with E-state index in [9.17, 15) is 26.3 Å². The largest absolute Gasteiger partial charge is 0.573 e. The Bertz CT molecular complexity index is 962. The average molecular weight is 470 g/mol. The second-order valence-corrected chi connectivity index (χ2v) is 9.55. The summed E-state index contributed by atoms with van der Waals surface area (Å²) in [6, 6.07) is 4.99. The van der Waals surface area contributed by atoms with E-state index in [4.69, 9.17) is 0 Å². The van der Waals surface area contributed by atoms with Gasteiger partial charge in [0, 0.05) is 0 Å². The van der Waals surface area contributed by atoms with E-state index in [2.05, 4.69) is 11.7 Å². The van der Waals surface area contributed by atoms with Gasteiger partial charge in [0.2, 0.25) is 0 Å². The van der Waals surface area contributed by atoms with Gasteiger partial charge in [0.15, 0.2) is 11.6 Å². The molecule has 0 saturated heterocycles. The van der Waals surface area contributed by atoms with Crippen molar-refractivity contribution < 1.29 is 31.1 Å². The fourth-order valence-corrected chi connectivity index (χ4v) is 5.93. The van der Waals surface area contributed by atoms with Crippen LogP contribution in [0.4, 0.5) is 26.3 Å². The summed E-state index contributed by atoms with van der Waals surface area (Å²) in [5.74, 6) is -1.93. The maximum absolute atomic E-state index is 15.0. The Balaban J connectivity index is 1.51. The average Bonchev–Trinajstić information content (AvgIpc) is 2.74. The highest BCUT2D eigenvalue weighted by molar-refractivity contribution is 5.66. The molecule has 0 heterocycles. The molecule has 0 spiro atoms. The van der Waals surface area contributed by atoms with Crippen molar-refractivity contribution in [3.63, 3.8) is 0 Å². The van der Waals surface area contributed by atoms with Crippen LogP contribution in [0.5, 0.6) is 5.75 Å². The minimum Gasteiger partial charge on any atom is -0.403 e. The summed E-state index contributed by atoms with van der Waals surface area (Å²) in [6.45, 7) is 2.22. The zero-order valence-corrected chi connectivity index (χ0v) is 18.5. The van der Waals surface area contributed by atoms with E-state index in [1.807, 2.05) is 0 Å². The monoisotopic (exact) mass is 470 g/mol. The predicted octanol–water partition coefficient (Wildman–Crippen LogP) is 8.77. The van der Waals surface area contributed by atoms with Crippen LogP contribution >= 0.6 is 0 Å². The molecule has 0 amide bonds. The molecule has 33 heavy (non-hydrogen) atoms. The van der Waals surface area contributed by atoms with Crippen molar-refractivity contribution in [3.8, 4) is 16.9 Å². The van der Waals surface area contributed by atoms with Gasteiger partial charge in [-0.25, -0.2) is 13.2 Å². The van der Waals surface area contributed by atoms with Gasteiger partial charge in [-0.05, 0) is 91.2 Å². The second-order valence-electron chi connectivity index (χ2n) is 9.55. The van der Waals surface area contributed by atoms with Gasteiger partial charge in [0.1, 0.15) is 11.6 Å². The van der Waals surface area contributed by atoms with Crippen molar-refractivity contribution in [1.29, 1.82) is 0 Å². The van der Waals surface area contributed by atoms with Crippen molar-refractivity contribution in [2.45, 2.75) is 70.6 Å². The van der Waals surface area contributed by atoms with E-state index in [-0.39, 0.29) is 11.5 Å². The van der Waals surface area contributed by atoms with Crippen LogP contribution in [0.3, 0.4) is 0 Å². The van der Waals surface area contributed by atoms with Crippen molar-refractivity contribution in [3.05, 3.63) is 53.3 Å². The Labute approximate surface area is 190 Å². The van der Waals surface area contributed by atoms with Gasteiger partial charge in [-0.3, -0.25) is 0 Å². The topological polar surface area (TPSA) is 9.23 Å². The van der Waals surface area contributed by atoms with Crippen LogP contribution in [0.2, 0.25) is 0 Å². The molecule has 2 fully saturated rings. The molecule has 0 aliphatic heterocycles.